The molecule has 2 amide bonds. The van der Waals surface area contributed by atoms with Crippen molar-refractivity contribution in [3.8, 4) is 5.69 Å². The van der Waals surface area contributed by atoms with Gasteiger partial charge in [-0.05, 0) is 36.4 Å². The fraction of sp³-hybridized carbons (Fsp3) is 0. The molecular weight excluding hydrogens is 374 g/mol. The lowest BCUT2D eigenvalue weighted by molar-refractivity contribution is 0.0843. The van der Waals surface area contributed by atoms with Crippen LogP contribution in [0.3, 0.4) is 0 Å². The molecule has 3 rings (SSSR count). The van der Waals surface area contributed by atoms with Gasteiger partial charge >= 0.3 is 0 Å². The second-order valence-electron chi connectivity index (χ2n) is 4.77. The van der Waals surface area contributed by atoms with Gasteiger partial charge in [0.1, 0.15) is 0 Å². The van der Waals surface area contributed by atoms with Crippen LogP contribution in [0.25, 0.3) is 5.69 Å². The quantitative estimate of drug-likeness (QED) is 0.675. The standard InChI is InChI=1S/C16H12BrN5O2/c17-12-8-6-11(7-9-12)15(23)19-20-16(24)14-10-18-22(21-14)13-4-2-1-3-5-13/h1-10H,(H,19,23)(H,20,24). The number of carbonyl (C=O) groups is 2. The van der Waals surface area contributed by atoms with Gasteiger partial charge in [-0.1, -0.05) is 34.1 Å². The molecule has 0 fully saturated rings. The van der Waals surface area contributed by atoms with Crippen molar-refractivity contribution in [3.05, 3.63) is 76.5 Å². The molecule has 0 bridgehead atoms. The number of amides is 2. The molecule has 2 N–H and O–H groups in total. The summed E-state index contributed by atoms with van der Waals surface area (Å²) in [6.07, 6.45) is 1.33. The molecule has 0 saturated carbocycles. The molecular formula is C16H12BrN5O2. The van der Waals surface area contributed by atoms with Crippen LogP contribution in [0, 0.1) is 0 Å². The van der Waals surface area contributed by atoms with E-state index >= 15 is 0 Å². The summed E-state index contributed by atoms with van der Waals surface area (Å²) in [6, 6.07) is 15.9. The van der Waals surface area contributed by atoms with Gasteiger partial charge in [-0.2, -0.15) is 9.90 Å². The topological polar surface area (TPSA) is 88.9 Å². The molecule has 1 aromatic heterocycles. The molecule has 120 valence electrons. The fourth-order valence-electron chi connectivity index (χ4n) is 1.90. The molecule has 0 aliphatic rings. The van der Waals surface area contributed by atoms with Crippen molar-refractivity contribution in [3.63, 3.8) is 0 Å². The molecule has 8 heteroatoms. The lowest BCUT2D eigenvalue weighted by Gasteiger charge is -2.05. The second kappa shape index (κ2) is 7.05. The molecule has 0 saturated heterocycles. The highest BCUT2D eigenvalue weighted by Gasteiger charge is 2.13. The van der Waals surface area contributed by atoms with E-state index in [1.807, 2.05) is 30.3 Å². The first-order chi connectivity index (χ1) is 11.6. The van der Waals surface area contributed by atoms with Gasteiger partial charge in [0.15, 0.2) is 5.69 Å². The number of carbonyl (C=O) groups excluding carboxylic acids is 2. The fourth-order valence-corrected chi connectivity index (χ4v) is 2.17. The zero-order valence-electron chi connectivity index (χ0n) is 12.3. The number of nitrogens with zero attached hydrogens (tertiary/aromatic N) is 3. The van der Waals surface area contributed by atoms with Gasteiger partial charge < -0.3 is 0 Å². The summed E-state index contributed by atoms with van der Waals surface area (Å²) >= 11 is 3.29. The first kappa shape index (κ1) is 15.9. The van der Waals surface area contributed by atoms with Gasteiger partial charge in [0, 0.05) is 10.0 Å². The maximum Gasteiger partial charge on any atom is 0.291 e. The number of rotatable bonds is 3. The molecule has 0 aliphatic carbocycles. The first-order valence-corrected chi connectivity index (χ1v) is 7.77. The minimum absolute atomic E-state index is 0.0926. The van der Waals surface area contributed by atoms with Crippen LogP contribution in [0.4, 0.5) is 0 Å². The molecule has 0 aliphatic heterocycles. The zero-order chi connectivity index (χ0) is 16.9. The van der Waals surface area contributed by atoms with E-state index in [-0.39, 0.29) is 5.69 Å². The van der Waals surface area contributed by atoms with Crippen molar-refractivity contribution >= 4 is 27.7 Å². The number of halogens is 1. The van der Waals surface area contributed by atoms with Gasteiger partial charge in [-0.25, -0.2) is 0 Å². The van der Waals surface area contributed by atoms with E-state index in [2.05, 4.69) is 37.0 Å². The Balaban J connectivity index is 1.62. The van der Waals surface area contributed by atoms with Crippen LogP contribution in [-0.4, -0.2) is 26.8 Å². The van der Waals surface area contributed by atoms with E-state index in [1.54, 1.807) is 24.3 Å². The lowest BCUT2D eigenvalue weighted by Crippen LogP contribution is -2.41. The van der Waals surface area contributed by atoms with Crippen LogP contribution in [0.1, 0.15) is 20.8 Å². The van der Waals surface area contributed by atoms with Crippen LogP contribution in [0.5, 0.6) is 0 Å². The van der Waals surface area contributed by atoms with Gasteiger partial charge in [0.2, 0.25) is 0 Å². The predicted octanol–water partition coefficient (Wildman–Crippen LogP) is 2.10. The van der Waals surface area contributed by atoms with Crippen molar-refractivity contribution < 1.29 is 9.59 Å². The maximum absolute atomic E-state index is 12.0. The van der Waals surface area contributed by atoms with Crippen molar-refractivity contribution in [1.29, 1.82) is 0 Å². The number of hydrogen-bond donors (Lipinski definition) is 2. The van der Waals surface area contributed by atoms with Crippen LogP contribution >= 0.6 is 15.9 Å². The van der Waals surface area contributed by atoms with Crippen molar-refractivity contribution in [2.24, 2.45) is 0 Å². The third-order valence-corrected chi connectivity index (χ3v) is 3.64. The number of benzene rings is 2. The Hall–Kier alpha value is -3.00. The predicted molar refractivity (Wildman–Crippen MR) is 90.4 cm³/mol. The summed E-state index contributed by atoms with van der Waals surface area (Å²) in [4.78, 5) is 25.3. The maximum atomic E-state index is 12.0. The Morgan fingerprint density at radius 2 is 1.58 bits per heavy atom. The van der Waals surface area contributed by atoms with E-state index < -0.39 is 11.8 Å². The van der Waals surface area contributed by atoms with Gasteiger partial charge in [0.05, 0.1) is 11.9 Å². The summed E-state index contributed by atoms with van der Waals surface area (Å²) in [5.74, 6) is -0.978. The number of nitrogens with one attached hydrogen (secondary N) is 2. The average Bonchev–Trinajstić information content (AvgIpc) is 3.11. The molecule has 7 nitrogen and oxygen atoms in total. The molecule has 0 atom stereocenters. The Morgan fingerprint density at radius 1 is 0.917 bits per heavy atom. The molecule has 3 aromatic rings. The number of hydrogen-bond acceptors (Lipinski definition) is 4. The lowest BCUT2D eigenvalue weighted by atomic mass is 10.2. The van der Waals surface area contributed by atoms with E-state index in [9.17, 15) is 9.59 Å². The molecule has 1 heterocycles. The van der Waals surface area contributed by atoms with Gasteiger partial charge in [-0.15, -0.1) is 5.10 Å². The van der Waals surface area contributed by atoms with Crippen molar-refractivity contribution in [1.82, 2.24) is 25.8 Å². The Labute approximate surface area is 145 Å². The molecule has 0 spiro atoms. The molecule has 0 radical (unpaired) electrons. The van der Waals surface area contributed by atoms with Gasteiger partial charge in [0.25, 0.3) is 11.8 Å². The minimum atomic E-state index is -0.553. The molecule has 2 aromatic carbocycles. The average molecular weight is 386 g/mol. The summed E-state index contributed by atoms with van der Waals surface area (Å²) in [5.41, 5.74) is 5.89. The third kappa shape index (κ3) is 3.66. The van der Waals surface area contributed by atoms with E-state index in [0.29, 0.717) is 5.56 Å². The SMILES string of the molecule is O=C(NNC(=O)c1cnn(-c2ccccc2)n1)c1ccc(Br)cc1. The summed E-state index contributed by atoms with van der Waals surface area (Å²) < 4.78 is 0.862. The van der Waals surface area contributed by atoms with Crippen molar-refractivity contribution in [2.45, 2.75) is 0 Å². The van der Waals surface area contributed by atoms with E-state index in [0.717, 1.165) is 10.2 Å². The van der Waals surface area contributed by atoms with Crippen LogP contribution in [0.15, 0.2) is 65.3 Å². The number of hydrazine groups is 1. The van der Waals surface area contributed by atoms with Gasteiger partial charge in [-0.3, -0.25) is 20.4 Å². The normalized spacial score (nSPS) is 10.2. The molecule has 0 unspecified atom stereocenters. The monoisotopic (exact) mass is 385 g/mol. The van der Waals surface area contributed by atoms with E-state index in [4.69, 9.17) is 0 Å². The minimum Gasteiger partial charge on any atom is -0.267 e. The largest absolute Gasteiger partial charge is 0.291 e. The van der Waals surface area contributed by atoms with E-state index in [1.165, 1.54) is 11.0 Å². The van der Waals surface area contributed by atoms with Crippen LogP contribution < -0.4 is 10.9 Å². The third-order valence-electron chi connectivity index (χ3n) is 3.11. The second-order valence-corrected chi connectivity index (χ2v) is 5.69. The number of aromatic nitrogens is 3. The highest BCUT2D eigenvalue weighted by Crippen LogP contribution is 2.10. The smallest absolute Gasteiger partial charge is 0.267 e. The van der Waals surface area contributed by atoms with Crippen LogP contribution in [0.2, 0.25) is 0 Å². The Kier molecular flexibility index (Phi) is 4.66. The summed E-state index contributed by atoms with van der Waals surface area (Å²) in [6.45, 7) is 0. The van der Waals surface area contributed by atoms with Crippen molar-refractivity contribution in [2.75, 3.05) is 0 Å². The highest BCUT2D eigenvalue weighted by atomic mass is 79.9. The first-order valence-electron chi connectivity index (χ1n) is 6.97. The Morgan fingerprint density at radius 3 is 2.29 bits per heavy atom. The zero-order valence-corrected chi connectivity index (χ0v) is 13.9. The van der Waals surface area contributed by atoms with Crippen LogP contribution in [-0.2, 0) is 0 Å². The highest BCUT2D eigenvalue weighted by molar-refractivity contribution is 9.10. The summed E-state index contributed by atoms with van der Waals surface area (Å²) in [5, 5.41) is 8.11. The Bertz CT molecular complexity index is 862. The number of para-hydroxylation sites is 1. The summed E-state index contributed by atoms with van der Waals surface area (Å²) in [7, 11) is 0. The molecule has 24 heavy (non-hydrogen) atoms.